The number of thioether (sulfide) groups is 1. The van der Waals surface area contributed by atoms with Gasteiger partial charge in [0.2, 0.25) is 0 Å². The quantitative estimate of drug-likeness (QED) is 0.266. The van der Waals surface area contributed by atoms with Crippen LogP contribution in [0.3, 0.4) is 0 Å². The Balaban J connectivity index is 1.58. The second-order valence-corrected chi connectivity index (χ2v) is 7.10. The molecule has 0 aliphatic heterocycles. The van der Waals surface area contributed by atoms with E-state index in [4.69, 9.17) is 11.6 Å². The van der Waals surface area contributed by atoms with E-state index in [2.05, 4.69) is 20.7 Å². The van der Waals surface area contributed by atoms with Crippen molar-refractivity contribution in [2.45, 2.75) is 12.1 Å². The molecule has 0 atom stereocenters. The average molecular weight is 431 g/mol. The smallest absolute Gasteiger partial charge is 0.274 e. The Bertz CT molecular complexity index is 1070. The highest BCUT2D eigenvalue weighted by atomic mass is 35.5. The summed E-state index contributed by atoms with van der Waals surface area (Å²) in [6.07, 6.45) is 1.36. The van der Waals surface area contributed by atoms with E-state index in [-0.39, 0.29) is 22.4 Å². The predicted octanol–water partition coefficient (Wildman–Crippen LogP) is 3.38. The van der Waals surface area contributed by atoms with Crippen LogP contribution in [-0.2, 0) is 4.79 Å². The van der Waals surface area contributed by atoms with Crippen molar-refractivity contribution in [3.05, 3.63) is 75.1 Å². The van der Waals surface area contributed by atoms with E-state index in [1.165, 1.54) is 36.2 Å². The summed E-state index contributed by atoms with van der Waals surface area (Å²) in [4.78, 5) is 22.2. The molecule has 11 heteroatoms. The molecule has 3 rings (SSSR count). The number of para-hydroxylation sites is 1. The van der Waals surface area contributed by atoms with E-state index in [1.54, 1.807) is 0 Å². The summed E-state index contributed by atoms with van der Waals surface area (Å²) in [7, 11) is 0. The molecular formula is C18H15ClN6O3S. The molecule has 1 aromatic heterocycles. The summed E-state index contributed by atoms with van der Waals surface area (Å²) in [5.74, 6) is 0.468. The minimum absolute atomic E-state index is 0.00329. The van der Waals surface area contributed by atoms with Gasteiger partial charge in [-0.1, -0.05) is 41.6 Å². The topological polar surface area (TPSA) is 115 Å². The van der Waals surface area contributed by atoms with Gasteiger partial charge in [0.1, 0.15) is 10.8 Å². The van der Waals surface area contributed by atoms with Crippen LogP contribution in [0.4, 0.5) is 5.69 Å². The van der Waals surface area contributed by atoms with E-state index in [0.29, 0.717) is 16.5 Å². The lowest BCUT2D eigenvalue weighted by atomic mass is 10.2. The van der Waals surface area contributed by atoms with Crippen molar-refractivity contribution >= 4 is 41.2 Å². The van der Waals surface area contributed by atoms with Crippen molar-refractivity contribution in [2.24, 2.45) is 5.10 Å². The van der Waals surface area contributed by atoms with Gasteiger partial charge in [0, 0.05) is 11.8 Å². The van der Waals surface area contributed by atoms with Crippen molar-refractivity contribution in [3.63, 3.8) is 0 Å². The normalized spacial score (nSPS) is 11.0. The van der Waals surface area contributed by atoms with Gasteiger partial charge in [-0.05, 0) is 36.8 Å². The number of nitrogens with one attached hydrogen (secondary N) is 1. The molecular weight excluding hydrogens is 416 g/mol. The second kappa shape index (κ2) is 9.30. The van der Waals surface area contributed by atoms with Crippen LogP contribution < -0.4 is 5.43 Å². The summed E-state index contributed by atoms with van der Waals surface area (Å²) in [5, 5.41) is 23.4. The fourth-order valence-corrected chi connectivity index (χ4v) is 3.45. The van der Waals surface area contributed by atoms with Gasteiger partial charge in [-0.3, -0.25) is 19.5 Å². The highest BCUT2D eigenvalue weighted by Crippen LogP contribution is 2.24. The zero-order chi connectivity index (χ0) is 20.8. The molecule has 0 saturated carbocycles. The summed E-state index contributed by atoms with van der Waals surface area (Å²) in [5.41, 5.74) is 3.64. The standard InChI is InChI=1S/C18H15ClN6O3S/c1-12-21-23-18(24(12)14-5-3-2-4-6-14)29-11-17(26)22-20-10-13-7-8-16(25(27)28)15(19)9-13/h2-10H,11H2,1H3,(H,22,26). The number of amides is 1. The number of hydrogen-bond acceptors (Lipinski definition) is 7. The molecule has 148 valence electrons. The first-order valence-electron chi connectivity index (χ1n) is 8.32. The maximum absolute atomic E-state index is 12.1. The zero-order valence-electron chi connectivity index (χ0n) is 15.2. The number of nitro groups is 1. The number of nitrogens with zero attached hydrogens (tertiary/aromatic N) is 5. The first-order valence-corrected chi connectivity index (χ1v) is 9.68. The van der Waals surface area contributed by atoms with E-state index in [1.807, 2.05) is 41.8 Å². The Morgan fingerprint density at radius 3 is 2.76 bits per heavy atom. The molecule has 0 spiro atoms. The molecule has 0 radical (unpaired) electrons. The van der Waals surface area contributed by atoms with Crippen molar-refractivity contribution in [1.29, 1.82) is 0 Å². The van der Waals surface area contributed by atoms with Crippen molar-refractivity contribution < 1.29 is 9.72 Å². The van der Waals surface area contributed by atoms with Gasteiger partial charge < -0.3 is 0 Å². The van der Waals surface area contributed by atoms with Gasteiger partial charge >= 0.3 is 0 Å². The third kappa shape index (κ3) is 5.18. The second-order valence-electron chi connectivity index (χ2n) is 5.75. The number of carbonyl (C=O) groups is 1. The number of aromatic nitrogens is 3. The summed E-state index contributed by atoms with van der Waals surface area (Å²) >= 11 is 7.07. The molecule has 0 aliphatic rings. The number of halogens is 1. The lowest BCUT2D eigenvalue weighted by molar-refractivity contribution is -0.384. The number of nitro benzene ring substituents is 1. The van der Waals surface area contributed by atoms with Crippen LogP contribution in [0, 0.1) is 17.0 Å². The van der Waals surface area contributed by atoms with Crippen LogP contribution in [-0.4, -0.2) is 37.6 Å². The molecule has 2 aromatic carbocycles. The predicted molar refractivity (Wildman–Crippen MR) is 111 cm³/mol. The molecule has 9 nitrogen and oxygen atoms in total. The van der Waals surface area contributed by atoms with Crippen LogP contribution in [0.25, 0.3) is 5.69 Å². The Hall–Kier alpha value is -3.24. The summed E-state index contributed by atoms with van der Waals surface area (Å²) < 4.78 is 1.86. The molecule has 1 amide bonds. The molecule has 1 N–H and O–H groups in total. The Morgan fingerprint density at radius 1 is 1.31 bits per heavy atom. The van der Waals surface area contributed by atoms with Crippen molar-refractivity contribution in [3.8, 4) is 5.69 Å². The van der Waals surface area contributed by atoms with Crippen LogP contribution in [0.5, 0.6) is 0 Å². The third-order valence-electron chi connectivity index (χ3n) is 3.71. The van der Waals surface area contributed by atoms with Crippen LogP contribution in [0.15, 0.2) is 58.8 Å². The molecule has 0 fully saturated rings. The van der Waals surface area contributed by atoms with Crippen LogP contribution >= 0.6 is 23.4 Å². The maximum Gasteiger partial charge on any atom is 0.287 e. The lowest BCUT2D eigenvalue weighted by Crippen LogP contribution is -2.20. The Morgan fingerprint density at radius 2 is 2.07 bits per heavy atom. The molecule has 3 aromatic rings. The summed E-state index contributed by atoms with van der Waals surface area (Å²) in [6, 6.07) is 13.8. The first kappa shape index (κ1) is 20.5. The van der Waals surface area contributed by atoms with Crippen molar-refractivity contribution in [2.75, 3.05) is 5.75 Å². The molecule has 1 heterocycles. The Labute approximate surface area is 174 Å². The molecule has 0 bridgehead atoms. The highest BCUT2D eigenvalue weighted by Gasteiger charge is 2.13. The van der Waals surface area contributed by atoms with E-state index in [9.17, 15) is 14.9 Å². The van der Waals surface area contributed by atoms with Crippen LogP contribution in [0.1, 0.15) is 11.4 Å². The minimum atomic E-state index is -0.571. The van der Waals surface area contributed by atoms with Gasteiger partial charge in [-0.25, -0.2) is 5.43 Å². The number of hydrogen-bond donors (Lipinski definition) is 1. The number of rotatable bonds is 7. The molecule has 0 aliphatic carbocycles. The fourth-order valence-electron chi connectivity index (χ4n) is 2.40. The Kier molecular flexibility index (Phi) is 6.57. The van der Waals surface area contributed by atoms with Crippen LogP contribution in [0.2, 0.25) is 5.02 Å². The number of aryl methyl sites for hydroxylation is 1. The van der Waals surface area contributed by atoms with E-state index >= 15 is 0 Å². The number of hydrazone groups is 1. The van der Waals surface area contributed by atoms with Gasteiger partial charge in [-0.15, -0.1) is 10.2 Å². The highest BCUT2D eigenvalue weighted by molar-refractivity contribution is 7.99. The minimum Gasteiger partial charge on any atom is -0.274 e. The van der Waals surface area contributed by atoms with Gasteiger partial charge in [-0.2, -0.15) is 5.10 Å². The summed E-state index contributed by atoms with van der Waals surface area (Å²) in [6.45, 7) is 1.84. The van der Waals surface area contributed by atoms with E-state index < -0.39 is 4.92 Å². The van der Waals surface area contributed by atoms with Crippen molar-refractivity contribution in [1.82, 2.24) is 20.2 Å². The zero-order valence-corrected chi connectivity index (χ0v) is 16.7. The SMILES string of the molecule is Cc1nnc(SCC(=O)NN=Cc2ccc([N+](=O)[O-])c(Cl)c2)n1-c1ccccc1. The molecule has 0 unspecified atom stereocenters. The number of benzene rings is 2. The van der Waals surface area contributed by atoms with Gasteiger partial charge in [0.25, 0.3) is 11.6 Å². The molecule has 0 saturated heterocycles. The molecule has 29 heavy (non-hydrogen) atoms. The van der Waals surface area contributed by atoms with E-state index in [0.717, 1.165) is 5.69 Å². The lowest BCUT2D eigenvalue weighted by Gasteiger charge is -2.07. The fraction of sp³-hybridized carbons (Fsp3) is 0.111. The maximum atomic E-state index is 12.1. The largest absolute Gasteiger partial charge is 0.287 e. The van der Waals surface area contributed by atoms with Gasteiger partial charge in [0.05, 0.1) is 16.9 Å². The number of carbonyl (C=O) groups excluding carboxylic acids is 1. The monoisotopic (exact) mass is 430 g/mol. The first-order chi connectivity index (χ1) is 14.0. The average Bonchev–Trinajstić information content (AvgIpc) is 3.07. The van der Waals surface area contributed by atoms with Gasteiger partial charge in [0.15, 0.2) is 5.16 Å². The third-order valence-corrected chi connectivity index (χ3v) is 4.94.